The number of anilines is 6. The summed E-state index contributed by atoms with van der Waals surface area (Å²) in [6, 6.07) is 75.0. The van der Waals surface area contributed by atoms with Crippen LogP contribution in [0, 0.1) is 0 Å². The second kappa shape index (κ2) is 15.8. The van der Waals surface area contributed by atoms with Crippen molar-refractivity contribution in [1.29, 1.82) is 0 Å². The number of para-hydroxylation sites is 4. The Morgan fingerprint density at radius 1 is 0.435 bits per heavy atom. The molecule has 0 N–H and O–H groups in total. The number of allylic oxidation sites excluding steroid dienone is 1. The van der Waals surface area contributed by atoms with Crippen molar-refractivity contribution in [2.45, 2.75) is 32.1 Å². The summed E-state index contributed by atoms with van der Waals surface area (Å²) in [6.07, 6.45) is 7.37. The molecule has 4 nitrogen and oxygen atoms in total. The van der Waals surface area contributed by atoms with E-state index in [-0.39, 0.29) is 0 Å². The number of hydrogen-bond acceptors (Lipinski definition) is 4. The Morgan fingerprint density at radius 2 is 1.10 bits per heavy atom. The van der Waals surface area contributed by atoms with Gasteiger partial charge in [0.2, 0.25) is 0 Å². The summed E-state index contributed by atoms with van der Waals surface area (Å²) >= 11 is 0. The molecule has 0 aliphatic heterocycles. The molecule has 0 radical (unpaired) electrons. The molecule has 12 aromatic rings. The van der Waals surface area contributed by atoms with Gasteiger partial charge in [-0.3, -0.25) is 0 Å². The number of benzene rings is 10. The normalized spacial score (nSPS) is 14.1. The molecule has 14 rings (SSSR count). The van der Waals surface area contributed by atoms with Crippen molar-refractivity contribution in [3.05, 3.63) is 235 Å². The van der Waals surface area contributed by atoms with Crippen molar-refractivity contribution >= 4 is 94.7 Å². The van der Waals surface area contributed by atoms with Crippen LogP contribution in [0.5, 0.6) is 0 Å². The third-order valence-corrected chi connectivity index (χ3v) is 14.7. The third-order valence-electron chi connectivity index (χ3n) is 14.7. The molecule has 0 bridgehead atoms. The van der Waals surface area contributed by atoms with E-state index in [1.54, 1.807) is 0 Å². The first kappa shape index (κ1) is 39.6. The molecule has 10 aromatic carbocycles. The summed E-state index contributed by atoms with van der Waals surface area (Å²) in [4.78, 5) is 4.79. The van der Waals surface area contributed by atoms with Gasteiger partial charge in [0.25, 0.3) is 0 Å². The topological polar surface area (TPSA) is 32.8 Å². The Balaban J connectivity index is 0.930. The minimum absolute atomic E-state index is 0.318. The molecule has 2 aromatic heterocycles. The molecule has 2 aliphatic carbocycles. The summed E-state index contributed by atoms with van der Waals surface area (Å²) in [7, 11) is 0. The van der Waals surface area contributed by atoms with Gasteiger partial charge in [0, 0.05) is 62.0 Å². The highest BCUT2D eigenvalue weighted by Gasteiger charge is 2.29. The Labute approximate surface area is 400 Å². The van der Waals surface area contributed by atoms with Crippen LogP contribution in [0.25, 0.3) is 82.8 Å². The number of hydrogen-bond donors (Lipinski definition) is 0. The standard InChI is InChI=1S/C65H46N2O2/c1-41-16-14-25-56-57-26-15-28-60(65(57)69-64(41)56)67(59-27-12-10-21-48(59)42-17-4-2-5-18-42)45-31-35-49-43(38-45)30-34-55-51-36-32-46(39-58(51)50-22-8-9-24-54(50)63(49)55)66(44-19-6-3-7-20-44)47-33-37-53-52-23-11-13-29-61(52)68-62(53)40-47/h2-15,17-29,31-33,35-41H,16,30,34H2,1H3/t41-/m0/s1. The molecule has 0 unspecified atom stereocenters. The maximum absolute atomic E-state index is 6.95. The average Bonchev–Trinajstić information content (AvgIpc) is 3.99. The molecule has 1 atom stereocenters. The Bertz CT molecular complexity index is 4030. The van der Waals surface area contributed by atoms with Gasteiger partial charge in [0.05, 0.1) is 11.4 Å². The second-order valence-electron chi connectivity index (χ2n) is 18.7. The zero-order chi connectivity index (χ0) is 45.6. The van der Waals surface area contributed by atoms with Crippen LogP contribution in [0.2, 0.25) is 0 Å². The van der Waals surface area contributed by atoms with Gasteiger partial charge >= 0.3 is 0 Å². The van der Waals surface area contributed by atoms with Crippen LogP contribution in [0.1, 0.15) is 41.7 Å². The third kappa shape index (κ3) is 6.29. The van der Waals surface area contributed by atoms with Gasteiger partial charge in [-0.2, -0.15) is 0 Å². The fraction of sp³-hybridized carbons (Fsp3) is 0.0769. The van der Waals surface area contributed by atoms with Crippen molar-refractivity contribution in [3.63, 3.8) is 0 Å². The second-order valence-corrected chi connectivity index (χ2v) is 18.7. The van der Waals surface area contributed by atoms with Gasteiger partial charge in [-0.05, 0) is 135 Å². The van der Waals surface area contributed by atoms with E-state index in [1.165, 1.54) is 60.5 Å². The number of nitrogens with zero attached hydrogens (tertiary/aromatic N) is 2. The summed E-state index contributed by atoms with van der Waals surface area (Å²) in [6.45, 7) is 2.27. The first-order chi connectivity index (χ1) is 34.1. The van der Waals surface area contributed by atoms with Crippen molar-refractivity contribution < 1.29 is 8.83 Å². The quantitative estimate of drug-likeness (QED) is 0.149. The van der Waals surface area contributed by atoms with Crippen molar-refractivity contribution in [2.24, 2.45) is 0 Å². The number of rotatable bonds is 7. The molecule has 69 heavy (non-hydrogen) atoms. The van der Waals surface area contributed by atoms with E-state index in [9.17, 15) is 0 Å². The fourth-order valence-corrected chi connectivity index (χ4v) is 11.6. The average molecular weight is 887 g/mol. The summed E-state index contributed by atoms with van der Waals surface area (Å²) in [5.74, 6) is 1.39. The highest BCUT2D eigenvalue weighted by Crippen LogP contribution is 2.51. The van der Waals surface area contributed by atoms with Gasteiger partial charge in [0.15, 0.2) is 5.58 Å². The van der Waals surface area contributed by atoms with Crippen LogP contribution in [-0.2, 0) is 12.8 Å². The Hall–Kier alpha value is -8.60. The van der Waals surface area contributed by atoms with E-state index in [1.807, 2.05) is 12.1 Å². The minimum atomic E-state index is 0.318. The molecule has 0 fully saturated rings. The molecule has 0 spiro atoms. The molecule has 328 valence electrons. The molecular weight excluding hydrogens is 841 g/mol. The van der Waals surface area contributed by atoms with Gasteiger partial charge in [-0.25, -0.2) is 0 Å². The molecule has 0 saturated carbocycles. The van der Waals surface area contributed by atoms with Crippen LogP contribution >= 0.6 is 0 Å². The maximum Gasteiger partial charge on any atom is 0.158 e. The highest BCUT2D eigenvalue weighted by molar-refractivity contribution is 6.18. The molecule has 2 heterocycles. The minimum Gasteiger partial charge on any atom is -0.458 e. The van der Waals surface area contributed by atoms with Crippen molar-refractivity contribution in [3.8, 4) is 22.3 Å². The predicted octanol–water partition coefficient (Wildman–Crippen LogP) is 18.5. The predicted molar refractivity (Wildman–Crippen MR) is 288 cm³/mol. The lowest BCUT2D eigenvalue weighted by Gasteiger charge is -2.30. The smallest absolute Gasteiger partial charge is 0.158 e. The summed E-state index contributed by atoms with van der Waals surface area (Å²) in [5.41, 5.74) is 18.1. The lowest BCUT2D eigenvalue weighted by molar-refractivity contribution is 0.504. The van der Waals surface area contributed by atoms with E-state index in [2.05, 4.69) is 223 Å². The van der Waals surface area contributed by atoms with Crippen LogP contribution in [0.4, 0.5) is 34.1 Å². The zero-order valence-corrected chi connectivity index (χ0v) is 38.2. The fourth-order valence-electron chi connectivity index (χ4n) is 11.6. The maximum atomic E-state index is 6.95. The molecule has 0 amide bonds. The van der Waals surface area contributed by atoms with Crippen molar-refractivity contribution in [2.75, 3.05) is 9.80 Å². The molecule has 0 saturated heterocycles. The van der Waals surface area contributed by atoms with E-state index < -0.39 is 0 Å². The monoisotopic (exact) mass is 886 g/mol. The van der Waals surface area contributed by atoms with Crippen LogP contribution < -0.4 is 9.80 Å². The lowest BCUT2D eigenvalue weighted by Crippen LogP contribution is -2.13. The van der Waals surface area contributed by atoms with Gasteiger partial charge in [0.1, 0.15) is 16.9 Å². The van der Waals surface area contributed by atoms with E-state index in [0.29, 0.717) is 5.92 Å². The van der Waals surface area contributed by atoms with Crippen molar-refractivity contribution in [1.82, 2.24) is 0 Å². The number of fused-ring (bicyclic) bond motifs is 14. The number of aryl methyl sites for hydroxylation is 2. The van der Waals surface area contributed by atoms with Crippen LogP contribution in [0.3, 0.4) is 0 Å². The number of furan rings is 2. The van der Waals surface area contributed by atoms with Gasteiger partial charge in [-0.15, -0.1) is 0 Å². The SMILES string of the molecule is C[C@H]1CC=Cc2c1oc1c(N(c3ccc4c(c3)CCc3c-4c4ccccc4c4cc(N(c5ccccc5)c5ccc6c(c5)oc5ccccc56)ccc34)c3ccccc3-c3ccccc3)cccc21. The first-order valence-corrected chi connectivity index (χ1v) is 24.2. The zero-order valence-electron chi connectivity index (χ0n) is 38.2. The molecule has 2 aliphatic rings. The molecule has 4 heteroatoms. The first-order valence-electron chi connectivity index (χ1n) is 24.2. The van der Waals surface area contributed by atoms with E-state index in [0.717, 1.165) is 92.1 Å². The highest BCUT2D eigenvalue weighted by atomic mass is 16.3. The van der Waals surface area contributed by atoms with Crippen LogP contribution in [-0.4, -0.2) is 0 Å². The van der Waals surface area contributed by atoms with Crippen LogP contribution in [0.15, 0.2) is 221 Å². The summed E-state index contributed by atoms with van der Waals surface area (Å²) in [5, 5.41) is 8.50. The molecular formula is C65H46N2O2. The van der Waals surface area contributed by atoms with E-state index >= 15 is 0 Å². The van der Waals surface area contributed by atoms with E-state index in [4.69, 9.17) is 8.83 Å². The summed E-state index contributed by atoms with van der Waals surface area (Å²) < 4.78 is 13.4. The van der Waals surface area contributed by atoms with Gasteiger partial charge in [-0.1, -0.05) is 153 Å². The Kier molecular flexibility index (Phi) is 9.03. The van der Waals surface area contributed by atoms with Gasteiger partial charge < -0.3 is 18.6 Å². The Morgan fingerprint density at radius 3 is 1.97 bits per heavy atom. The lowest BCUT2D eigenvalue weighted by atomic mass is 9.79. The largest absolute Gasteiger partial charge is 0.458 e.